The summed E-state index contributed by atoms with van der Waals surface area (Å²) in [6, 6.07) is -0.0858. The van der Waals surface area contributed by atoms with Gasteiger partial charge in [-0.05, 0) is 34.1 Å². The predicted octanol–water partition coefficient (Wildman–Crippen LogP) is 2.57. The summed E-state index contributed by atoms with van der Waals surface area (Å²) in [5, 5.41) is 0. The van der Waals surface area contributed by atoms with Crippen LogP contribution in [0.4, 0.5) is 4.79 Å². The maximum Gasteiger partial charge on any atom is 0.417 e. The molecule has 0 aromatic heterocycles. The number of amides is 2. The van der Waals surface area contributed by atoms with E-state index in [9.17, 15) is 9.59 Å². The maximum absolute atomic E-state index is 12.0. The SMILES string of the molecule is C[C@@H]1CC(C)(C)C(=O)N1C(=O)OC(C)(C)C. The summed E-state index contributed by atoms with van der Waals surface area (Å²) in [4.78, 5) is 25.1. The Labute approximate surface area is 96.9 Å². The summed E-state index contributed by atoms with van der Waals surface area (Å²) in [5.74, 6) is -0.144. The standard InChI is InChI=1S/C12H21NO3/c1-8-7-12(5,6)9(14)13(8)10(15)16-11(2,3)4/h8H,7H2,1-6H3/t8-/m1/s1. The van der Waals surface area contributed by atoms with Crippen molar-refractivity contribution in [1.82, 2.24) is 4.90 Å². The van der Waals surface area contributed by atoms with Gasteiger partial charge in [0.1, 0.15) is 5.60 Å². The molecule has 1 rings (SSSR count). The smallest absolute Gasteiger partial charge is 0.417 e. The first-order valence-corrected chi connectivity index (χ1v) is 5.61. The number of ether oxygens (including phenoxy) is 1. The Balaban J connectivity index is 2.82. The van der Waals surface area contributed by atoms with Crippen LogP contribution in [0.5, 0.6) is 0 Å². The van der Waals surface area contributed by atoms with Crippen molar-refractivity contribution in [3.8, 4) is 0 Å². The molecule has 1 atom stereocenters. The second kappa shape index (κ2) is 3.75. The zero-order valence-electron chi connectivity index (χ0n) is 11.0. The van der Waals surface area contributed by atoms with Crippen molar-refractivity contribution < 1.29 is 14.3 Å². The van der Waals surface area contributed by atoms with Crippen molar-refractivity contribution in [3.05, 3.63) is 0 Å². The van der Waals surface area contributed by atoms with Crippen LogP contribution in [-0.4, -0.2) is 28.5 Å². The molecule has 1 heterocycles. The van der Waals surface area contributed by atoms with Crippen molar-refractivity contribution >= 4 is 12.0 Å². The molecule has 0 radical (unpaired) electrons. The number of carbonyl (C=O) groups excluding carboxylic acids is 2. The molecule has 0 bridgehead atoms. The van der Waals surface area contributed by atoms with Crippen LogP contribution < -0.4 is 0 Å². The van der Waals surface area contributed by atoms with E-state index in [0.717, 1.165) is 0 Å². The van der Waals surface area contributed by atoms with E-state index in [1.54, 1.807) is 20.8 Å². The summed E-state index contributed by atoms with van der Waals surface area (Å²) in [7, 11) is 0. The number of imide groups is 1. The highest BCUT2D eigenvalue weighted by atomic mass is 16.6. The number of hydrogen-bond acceptors (Lipinski definition) is 3. The first-order valence-electron chi connectivity index (χ1n) is 5.61. The lowest BCUT2D eigenvalue weighted by Crippen LogP contribution is -2.42. The van der Waals surface area contributed by atoms with Crippen molar-refractivity contribution in [2.45, 2.75) is 59.6 Å². The molecule has 0 aliphatic carbocycles. The predicted molar refractivity (Wildman–Crippen MR) is 60.9 cm³/mol. The van der Waals surface area contributed by atoms with Crippen molar-refractivity contribution in [2.24, 2.45) is 5.41 Å². The molecule has 1 fully saturated rings. The summed E-state index contributed by atoms with van der Waals surface area (Å²) >= 11 is 0. The van der Waals surface area contributed by atoms with E-state index in [-0.39, 0.29) is 11.9 Å². The maximum atomic E-state index is 12.0. The normalized spacial score (nSPS) is 24.8. The van der Waals surface area contributed by atoms with E-state index in [1.165, 1.54) is 4.90 Å². The van der Waals surface area contributed by atoms with E-state index in [4.69, 9.17) is 4.74 Å². The Kier molecular flexibility index (Phi) is 3.05. The van der Waals surface area contributed by atoms with Gasteiger partial charge >= 0.3 is 6.09 Å². The molecule has 1 aliphatic rings. The summed E-state index contributed by atoms with van der Waals surface area (Å²) in [6.45, 7) is 11.0. The van der Waals surface area contributed by atoms with Gasteiger partial charge in [0, 0.05) is 11.5 Å². The Bertz CT molecular complexity index is 315. The van der Waals surface area contributed by atoms with Crippen LogP contribution in [0.3, 0.4) is 0 Å². The van der Waals surface area contributed by atoms with Crippen molar-refractivity contribution in [1.29, 1.82) is 0 Å². The zero-order valence-corrected chi connectivity index (χ0v) is 11.0. The topological polar surface area (TPSA) is 46.6 Å². The molecule has 16 heavy (non-hydrogen) atoms. The largest absolute Gasteiger partial charge is 0.443 e. The number of hydrogen-bond donors (Lipinski definition) is 0. The van der Waals surface area contributed by atoms with Crippen LogP contribution in [0.25, 0.3) is 0 Å². The quantitative estimate of drug-likeness (QED) is 0.639. The van der Waals surface area contributed by atoms with Gasteiger partial charge in [-0.3, -0.25) is 4.79 Å². The average molecular weight is 227 g/mol. The molecule has 0 spiro atoms. The molecular weight excluding hydrogens is 206 g/mol. The third-order valence-electron chi connectivity index (χ3n) is 2.63. The fraction of sp³-hybridized carbons (Fsp3) is 0.833. The average Bonchev–Trinajstić information content (AvgIpc) is 2.17. The molecule has 0 aromatic carbocycles. The Morgan fingerprint density at radius 1 is 1.44 bits per heavy atom. The second-order valence-corrected chi connectivity index (χ2v) is 6.09. The van der Waals surface area contributed by atoms with E-state index in [2.05, 4.69) is 0 Å². The number of nitrogens with zero attached hydrogens (tertiary/aromatic N) is 1. The minimum Gasteiger partial charge on any atom is -0.443 e. The molecule has 1 aliphatic heterocycles. The molecule has 0 N–H and O–H groups in total. The van der Waals surface area contributed by atoms with Crippen LogP contribution in [0.15, 0.2) is 0 Å². The minimum absolute atomic E-state index is 0.0858. The Hall–Kier alpha value is -1.06. The first-order chi connectivity index (χ1) is 7.04. The lowest BCUT2D eigenvalue weighted by Gasteiger charge is -2.26. The van der Waals surface area contributed by atoms with Gasteiger partial charge in [0.2, 0.25) is 5.91 Å². The summed E-state index contributed by atoms with van der Waals surface area (Å²) in [6.07, 6.45) is 0.154. The van der Waals surface area contributed by atoms with Crippen LogP contribution in [0.2, 0.25) is 0 Å². The molecular formula is C12H21NO3. The lowest BCUT2D eigenvalue weighted by atomic mass is 9.90. The molecule has 0 unspecified atom stereocenters. The van der Waals surface area contributed by atoms with Gasteiger partial charge in [-0.25, -0.2) is 9.69 Å². The van der Waals surface area contributed by atoms with Gasteiger partial charge in [0.05, 0.1) is 0 Å². The van der Waals surface area contributed by atoms with E-state index >= 15 is 0 Å². The number of likely N-dealkylation sites (tertiary alicyclic amines) is 1. The molecule has 0 saturated carbocycles. The van der Waals surface area contributed by atoms with E-state index < -0.39 is 17.1 Å². The fourth-order valence-electron chi connectivity index (χ4n) is 2.02. The summed E-state index contributed by atoms with van der Waals surface area (Å²) in [5.41, 5.74) is -1.03. The molecule has 2 amide bonds. The monoisotopic (exact) mass is 227 g/mol. The molecule has 0 aromatic rings. The lowest BCUT2D eigenvalue weighted by molar-refractivity contribution is -0.134. The number of carbonyl (C=O) groups is 2. The van der Waals surface area contributed by atoms with Gasteiger partial charge in [0.15, 0.2) is 0 Å². The molecule has 4 nitrogen and oxygen atoms in total. The van der Waals surface area contributed by atoms with Gasteiger partial charge in [-0.1, -0.05) is 13.8 Å². The van der Waals surface area contributed by atoms with Crippen molar-refractivity contribution in [3.63, 3.8) is 0 Å². The Morgan fingerprint density at radius 2 is 1.94 bits per heavy atom. The van der Waals surface area contributed by atoms with Crippen LogP contribution >= 0.6 is 0 Å². The third kappa shape index (κ3) is 2.54. The van der Waals surface area contributed by atoms with Crippen LogP contribution in [-0.2, 0) is 9.53 Å². The zero-order chi connectivity index (χ0) is 12.7. The molecule has 4 heteroatoms. The summed E-state index contributed by atoms with van der Waals surface area (Å²) < 4.78 is 5.22. The highest BCUT2D eigenvalue weighted by Gasteiger charge is 2.47. The highest BCUT2D eigenvalue weighted by molar-refractivity contribution is 5.97. The molecule has 1 saturated heterocycles. The van der Waals surface area contributed by atoms with Crippen LogP contribution in [0, 0.1) is 5.41 Å². The van der Waals surface area contributed by atoms with E-state index in [0.29, 0.717) is 6.42 Å². The highest BCUT2D eigenvalue weighted by Crippen LogP contribution is 2.35. The van der Waals surface area contributed by atoms with Gasteiger partial charge < -0.3 is 4.74 Å². The fourth-order valence-corrected chi connectivity index (χ4v) is 2.02. The van der Waals surface area contributed by atoms with Crippen molar-refractivity contribution in [2.75, 3.05) is 0 Å². The van der Waals surface area contributed by atoms with Crippen LogP contribution in [0.1, 0.15) is 48.0 Å². The van der Waals surface area contributed by atoms with Gasteiger partial charge in [-0.15, -0.1) is 0 Å². The molecule has 92 valence electrons. The number of rotatable bonds is 0. The van der Waals surface area contributed by atoms with Gasteiger partial charge in [-0.2, -0.15) is 0 Å². The first kappa shape index (κ1) is 13.0. The second-order valence-electron chi connectivity index (χ2n) is 6.09. The van der Waals surface area contributed by atoms with Gasteiger partial charge in [0.25, 0.3) is 0 Å². The van der Waals surface area contributed by atoms with E-state index in [1.807, 2.05) is 20.8 Å². The minimum atomic E-state index is -0.566. The Morgan fingerprint density at radius 3 is 2.25 bits per heavy atom. The third-order valence-corrected chi connectivity index (χ3v) is 2.63.